The van der Waals surface area contributed by atoms with Crippen LogP contribution in [0.4, 0.5) is 0 Å². The number of benzene rings is 2. The Labute approximate surface area is 137 Å². The lowest BCUT2D eigenvalue weighted by Gasteiger charge is -2.19. The average molecular weight is 313 g/mol. The maximum atomic E-state index is 11.9. The van der Waals surface area contributed by atoms with Crippen molar-refractivity contribution in [3.05, 3.63) is 65.2 Å². The van der Waals surface area contributed by atoms with Gasteiger partial charge in [-0.1, -0.05) is 24.3 Å². The molecule has 2 rings (SSSR count). The molecule has 0 saturated heterocycles. The van der Waals surface area contributed by atoms with E-state index in [2.05, 4.69) is 5.32 Å². The van der Waals surface area contributed by atoms with E-state index in [9.17, 15) is 9.90 Å². The van der Waals surface area contributed by atoms with Crippen LogP contribution < -0.4 is 5.32 Å². The molecule has 0 aromatic heterocycles. The molecule has 0 unspecified atom stereocenters. The van der Waals surface area contributed by atoms with Crippen molar-refractivity contribution < 1.29 is 14.6 Å². The molecule has 23 heavy (non-hydrogen) atoms. The number of nitrogens with one attached hydrogen (secondary N) is 1. The number of rotatable bonds is 5. The number of carbonyl (C=O) groups is 1. The van der Waals surface area contributed by atoms with Crippen LogP contribution >= 0.6 is 0 Å². The summed E-state index contributed by atoms with van der Waals surface area (Å²) >= 11 is 0. The van der Waals surface area contributed by atoms with E-state index in [0.717, 1.165) is 11.1 Å². The van der Waals surface area contributed by atoms with Gasteiger partial charge in [0.2, 0.25) is 0 Å². The van der Waals surface area contributed by atoms with Crippen molar-refractivity contribution in [2.24, 2.45) is 0 Å². The van der Waals surface area contributed by atoms with Crippen molar-refractivity contribution >= 4 is 5.97 Å². The van der Waals surface area contributed by atoms with Crippen LogP contribution in [0.2, 0.25) is 0 Å². The molecule has 0 heterocycles. The van der Waals surface area contributed by atoms with Crippen LogP contribution in [0.1, 0.15) is 42.3 Å². The van der Waals surface area contributed by atoms with Crippen molar-refractivity contribution in [1.82, 2.24) is 5.32 Å². The van der Waals surface area contributed by atoms with E-state index in [1.54, 1.807) is 24.3 Å². The topological polar surface area (TPSA) is 58.6 Å². The van der Waals surface area contributed by atoms with Crippen molar-refractivity contribution in [1.29, 1.82) is 0 Å². The van der Waals surface area contributed by atoms with E-state index >= 15 is 0 Å². The molecule has 0 aliphatic carbocycles. The van der Waals surface area contributed by atoms with Crippen molar-refractivity contribution in [2.75, 3.05) is 0 Å². The summed E-state index contributed by atoms with van der Waals surface area (Å²) in [6, 6.07) is 14.5. The summed E-state index contributed by atoms with van der Waals surface area (Å²) in [5.74, 6) is -0.0391. The number of aromatic hydroxyl groups is 1. The van der Waals surface area contributed by atoms with Gasteiger partial charge in [-0.15, -0.1) is 0 Å². The van der Waals surface area contributed by atoms with Crippen LogP contribution in [0, 0.1) is 0 Å². The number of hydrogen-bond acceptors (Lipinski definition) is 4. The molecule has 2 aromatic rings. The van der Waals surface area contributed by atoms with Crippen LogP contribution in [0.3, 0.4) is 0 Å². The molecular weight excluding hydrogens is 290 g/mol. The minimum Gasteiger partial charge on any atom is -0.508 e. The summed E-state index contributed by atoms with van der Waals surface area (Å²) in [7, 11) is 0. The standard InChI is InChI=1S/C19H23NO3/c1-19(2,3)23-18(22)16-9-7-14(8-10-16)12-20-13-15-5-4-6-17(21)11-15/h4-11,20-21H,12-13H2,1-3H3. The number of hydrogen-bond donors (Lipinski definition) is 2. The number of esters is 1. The Morgan fingerprint density at radius 1 is 1.04 bits per heavy atom. The lowest BCUT2D eigenvalue weighted by atomic mass is 10.1. The average Bonchev–Trinajstić information content (AvgIpc) is 2.46. The lowest BCUT2D eigenvalue weighted by molar-refractivity contribution is 0.00695. The molecule has 122 valence electrons. The summed E-state index contributed by atoms with van der Waals surface area (Å²) in [5.41, 5.74) is 2.17. The Hall–Kier alpha value is -2.33. The fourth-order valence-corrected chi connectivity index (χ4v) is 2.11. The zero-order valence-electron chi connectivity index (χ0n) is 13.8. The third kappa shape index (κ3) is 5.75. The van der Waals surface area contributed by atoms with E-state index in [1.165, 1.54) is 0 Å². The largest absolute Gasteiger partial charge is 0.508 e. The second-order valence-corrected chi connectivity index (χ2v) is 6.47. The first-order valence-corrected chi connectivity index (χ1v) is 7.64. The van der Waals surface area contributed by atoms with Gasteiger partial charge in [0.15, 0.2) is 0 Å². The molecule has 0 aliphatic rings. The Bertz CT molecular complexity index is 657. The highest BCUT2D eigenvalue weighted by Crippen LogP contribution is 2.13. The molecule has 0 amide bonds. The third-order valence-electron chi connectivity index (χ3n) is 3.16. The van der Waals surface area contributed by atoms with Gasteiger partial charge in [-0.05, 0) is 56.2 Å². The Kier molecular flexibility index (Phi) is 5.40. The minimum atomic E-state index is -0.488. The van der Waals surface area contributed by atoms with E-state index in [1.807, 2.05) is 45.0 Å². The van der Waals surface area contributed by atoms with Gasteiger partial charge in [0.1, 0.15) is 11.4 Å². The Morgan fingerprint density at radius 2 is 1.70 bits per heavy atom. The first-order chi connectivity index (χ1) is 10.8. The molecule has 0 spiro atoms. The maximum Gasteiger partial charge on any atom is 0.338 e. The first-order valence-electron chi connectivity index (χ1n) is 7.64. The number of phenols is 1. The van der Waals surface area contributed by atoms with Gasteiger partial charge in [-0.3, -0.25) is 0 Å². The van der Waals surface area contributed by atoms with Crippen LogP contribution in [0.5, 0.6) is 5.75 Å². The molecule has 0 radical (unpaired) electrons. The quantitative estimate of drug-likeness (QED) is 0.828. The Morgan fingerprint density at radius 3 is 2.30 bits per heavy atom. The number of phenolic OH excluding ortho intramolecular Hbond substituents is 1. The smallest absolute Gasteiger partial charge is 0.338 e. The van der Waals surface area contributed by atoms with Gasteiger partial charge in [0.05, 0.1) is 5.56 Å². The molecular formula is C19H23NO3. The molecule has 0 atom stereocenters. The van der Waals surface area contributed by atoms with Crippen molar-refractivity contribution in [3.8, 4) is 5.75 Å². The molecule has 0 saturated carbocycles. The Balaban J connectivity index is 1.86. The summed E-state index contributed by atoms with van der Waals surface area (Å²) < 4.78 is 5.34. The van der Waals surface area contributed by atoms with Crippen LogP contribution in [0.25, 0.3) is 0 Å². The fourth-order valence-electron chi connectivity index (χ4n) is 2.11. The zero-order valence-corrected chi connectivity index (χ0v) is 13.8. The lowest BCUT2D eigenvalue weighted by Crippen LogP contribution is -2.23. The second kappa shape index (κ2) is 7.29. The van der Waals surface area contributed by atoms with Crippen molar-refractivity contribution in [2.45, 2.75) is 39.5 Å². The van der Waals surface area contributed by atoms with Crippen molar-refractivity contribution in [3.63, 3.8) is 0 Å². The van der Waals surface area contributed by atoms with Gasteiger partial charge in [0, 0.05) is 13.1 Å². The zero-order chi connectivity index (χ0) is 16.9. The van der Waals surface area contributed by atoms with Gasteiger partial charge < -0.3 is 15.2 Å². The highest BCUT2D eigenvalue weighted by Gasteiger charge is 2.17. The van der Waals surface area contributed by atoms with E-state index in [0.29, 0.717) is 18.7 Å². The van der Waals surface area contributed by atoms with E-state index < -0.39 is 5.60 Å². The van der Waals surface area contributed by atoms with Gasteiger partial charge in [0.25, 0.3) is 0 Å². The summed E-state index contributed by atoms with van der Waals surface area (Å²) in [6.07, 6.45) is 0. The van der Waals surface area contributed by atoms with Gasteiger partial charge >= 0.3 is 5.97 Å². The first kappa shape index (κ1) is 17.0. The predicted molar refractivity (Wildman–Crippen MR) is 90.3 cm³/mol. The van der Waals surface area contributed by atoms with Crippen LogP contribution in [-0.4, -0.2) is 16.7 Å². The minimum absolute atomic E-state index is 0.269. The monoisotopic (exact) mass is 313 g/mol. The number of carbonyl (C=O) groups excluding carboxylic acids is 1. The third-order valence-corrected chi connectivity index (χ3v) is 3.16. The van der Waals surface area contributed by atoms with E-state index in [4.69, 9.17) is 4.74 Å². The van der Waals surface area contributed by atoms with E-state index in [-0.39, 0.29) is 11.7 Å². The van der Waals surface area contributed by atoms with Crippen LogP contribution in [-0.2, 0) is 17.8 Å². The molecule has 0 bridgehead atoms. The molecule has 4 heteroatoms. The molecule has 2 aromatic carbocycles. The highest BCUT2D eigenvalue weighted by atomic mass is 16.6. The van der Waals surface area contributed by atoms with Gasteiger partial charge in [-0.25, -0.2) is 4.79 Å². The fraction of sp³-hybridized carbons (Fsp3) is 0.316. The SMILES string of the molecule is CC(C)(C)OC(=O)c1ccc(CNCc2cccc(O)c2)cc1. The summed E-state index contributed by atoms with van der Waals surface area (Å²) in [5, 5.41) is 12.7. The van der Waals surface area contributed by atoms with Gasteiger partial charge in [-0.2, -0.15) is 0 Å². The summed E-state index contributed by atoms with van der Waals surface area (Å²) in [4.78, 5) is 11.9. The molecule has 2 N–H and O–H groups in total. The highest BCUT2D eigenvalue weighted by molar-refractivity contribution is 5.89. The predicted octanol–water partition coefficient (Wildman–Crippen LogP) is 3.64. The maximum absolute atomic E-state index is 11.9. The molecule has 0 aliphatic heterocycles. The molecule has 4 nitrogen and oxygen atoms in total. The normalized spacial score (nSPS) is 11.3. The summed E-state index contributed by atoms with van der Waals surface area (Å²) in [6.45, 7) is 6.91. The second-order valence-electron chi connectivity index (χ2n) is 6.47. The van der Waals surface area contributed by atoms with Crippen LogP contribution in [0.15, 0.2) is 48.5 Å². The number of ether oxygens (including phenoxy) is 1. The molecule has 0 fully saturated rings.